The molecule has 0 radical (unpaired) electrons. The molecule has 116 valence electrons. The first kappa shape index (κ1) is 16.1. The van der Waals surface area contributed by atoms with Gasteiger partial charge in [0.2, 0.25) is 0 Å². The number of rotatable bonds is 6. The molecule has 0 atom stereocenters. The molecule has 0 amide bonds. The van der Waals surface area contributed by atoms with Gasteiger partial charge in [0.05, 0.1) is 0 Å². The van der Waals surface area contributed by atoms with Gasteiger partial charge in [0.25, 0.3) is 0 Å². The highest BCUT2D eigenvalue weighted by Gasteiger charge is 2.23. The van der Waals surface area contributed by atoms with E-state index in [0.29, 0.717) is 12.5 Å². The Kier molecular flexibility index (Phi) is 7.13. The van der Waals surface area contributed by atoms with Crippen LogP contribution in [0.5, 0.6) is 0 Å². The molecule has 0 bridgehead atoms. The van der Waals surface area contributed by atoms with Gasteiger partial charge in [-0.1, -0.05) is 44.8 Å². The van der Waals surface area contributed by atoms with Gasteiger partial charge in [0.15, 0.2) is 0 Å². The first-order valence-corrected chi connectivity index (χ1v) is 9.09. The Hall–Kier alpha value is -0.300. The third kappa shape index (κ3) is 5.24. The largest absolute Gasteiger partial charge is 0.396 e. The van der Waals surface area contributed by atoms with Crippen LogP contribution in [0.1, 0.15) is 77.6 Å². The Morgan fingerprint density at radius 2 is 1.30 bits per heavy atom. The summed E-state index contributed by atoms with van der Waals surface area (Å²) in [5.74, 6) is 3.48. The highest BCUT2D eigenvalue weighted by atomic mass is 16.3. The van der Waals surface area contributed by atoms with Crippen LogP contribution >= 0.6 is 0 Å². The summed E-state index contributed by atoms with van der Waals surface area (Å²) < 4.78 is 0. The lowest BCUT2D eigenvalue weighted by Crippen LogP contribution is -2.19. The predicted molar refractivity (Wildman–Crippen MR) is 86.6 cm³/mol. The maximum Gasteiger partial charge on any atom is 0.0459 e. The van der Waals surface area contributed by atoms with Gasteiger partial charge in [-0.05, 0) is 68.6 Å². The van der Waals surface area contributed by atoms with Crippen molar-refractivity contribution in [3.8, 4) is 0 Å². The van der Waals surface area contributed by atoms with Crippen molar-refractivity contribution >= 4 is 0 Å². The van der Waals surface area contributed by atoms with E-state index in [-0.39, 0.29) is 0 Å². The zero-order valence-corrected chi connectivity index (χ0v) is 13.4. The summed E-state index contributed by atoms with van der Waals surface area (Å²) in [6, 6.07) is 0. The molecular weight excluding hydrogens is 244 g/mol. The lowest BCUT2D eigenvalue weighted by Gasteiger charge is -2.31. The molecule has 2 fully saturated rings. The molecule has 1 nitrogen and oxygen atoms in total. The van der Waals surface area contributed by atoms with Crippen molar-refractivity contribution in [3.05, 3.63) is 12.2 Å². The molecule has 0 aromatic carbocycles. The first-order chi connectivity index (χ1) is 9.81. The number of aliphatic hydroxyl groups is 1. The Morgan fingerprint density at radius 1 is 0.800 bits per heavy atom. The summed E-state index contributed by atoms with van der Waals surface area (Å²) in [7, 11) is 0. The van der Waals surface area contributed by atoms with Crippen LogP contribution < -0.4 is 0 Å². The topological polar surface area (TPSA) is 20.2 Å². The van der Waals surface area contributed by atoms with Crippen molar-refractivity contribution in [1.82, 2.24) is 0 Å². The molecule has 2 aliphatic carbocycles. The van der Waals surface area contributed by atoms with Crippen LogP contribution in [0.4, 0.5) is 0 Å². The maximum atomic E-state index is 9.19. The highest BCUT2D eigenvalue weighted by molar-refractivity contribution is 4.90. The summed E-state index contributed by atoms with van der Waals surface area (Å²) in [6.45, 7) is 2.65. The van der Waals surface area contributed by atoms with Gasteiger partial charge in [-0.3, -0.25) is 0 Å². The van der Waals surface area contributed by atoms with Gasteiger partial charge >= 0.3 is 0 Å². The van der Waals surface area contributed by atoms with Crippen LogP contribution in [0.15, 0.2) is 12.2 Å². The Labute approximate surface area is 125 Å². The molecule has 0 aliphatic heterocycles. The molecule has 0 spiro atoms. The lowest BCUT2D eigenvalue weighted by molar-refractivity contribution is 0.158. The summed E-state index contributed by atoms with van der Waals surface area (Å²) in [6.07, 6.45) is 20.0. The van der Waals surface area contributed by atoms with Crippen molar-refractivity contribution in [3.63, 3.8) is 0 Å². The van der Waals surface area contributed by atoms with Crippen LogP contribution in [0.3, 0.4) is 0 Å². The first-order valence-electron chi connectivity index (χ1n) is 9.09. The second-order valence-corrected chi connectivity index (χ2v) is 7.26. The van der Waals surface area contributed by atoms with E-state index in [9.17, 15) is 5.11 Å². The monoisotopic (exact) mass is 278 g/mol. The second-order valence-electron chi connectivity index (χ2n) is 7.26. The van der Waals surface area contributed by atoms with Crippen LogP contribution in [-0.4, -0.2) is 11.7 Å². The van der Waals surface area contributed by atoms with E-state index >= 15 is 0 Å². The summed E-state index contributed by atoms with van der Waals surface area (Å²) in [4.78, 5) is 0. The van der Waals surface area contributed by atoms with E-state index in [2.05, 4.69) is 19.1 Å². The van der Waals surface area contributed by atoms with E-state index in [1.54, 1.807) is 0 Å². The predicted octanol–water partition coefficient (Wildman–Crippen LogP) is 5.34. The van der Waals surface area contributed by atoms with E-state index in [1.807, 2.05) is 0 Å². The van der Waals surface area contributed by atoms with E-state index in [1.165, 1.54) is 70.6 Å². The van der Waals surface area contributed by atoms with Crippen molar-refractivity contribution in [2.45, 2.75) is 77.6 Å². The molecule has 0 aromatic heterocycles. The molecular formula is C19H34O. The fourth-order valence-corrected chi connectivity index (χ4v) is 4.17. The minimum absolute atomic E-state index is 0.419. The molecule has 2 rings (SSSR count). The summed E-state index contributed by atoms with van der Waals surface area (Å²) >= 11 is 0. The van der Waals surface area contributed by atoms with E-state index < -0.39 is 0 Å². The highest BCUT2D eigenvalue weighted by Crippen LogP contribution is 2.36. The third-order valence-corrected chi connectivity index (χ3v) is 5.74. The van der Waals surface area contributed by atoms with Crippen molar-refractivity contribution in [2.75, 3.05) is 6.61 Å². The zero-order valence-electron chi connectivity index (χ0n) is 13.4. The molecule has 2 saturated carbocycles. The van der Waals surface area contributed by atoms with Gasteiger partial charge in [0, 0.05) is 6.61 Å². The zero-order chi connectivity index (χ0) is 14.2. The maximum absolute atomic E-state index is 9.19. The number of hydrogen-bond acceptors (Lipinski definition) is 1. The third-order valence-electron chi connectivity index (χ3n) is 5.74. The average molecular weight is 278 g/mol. The van der Waals surface area contributed by atoms with Gasteiger partial charge in [-0.25, -0.2) is 0 Å². The van der Waals surface area contributed by atoms with Crippen LogP contribution in [0.2, 0.25) is 0 Å². The lowest BCUT2D eigenvalue weighted by atomic mass is 9.75. The second kappa shape index (κ2) is 8.87. The quantitative estimate of drug-likeness (QED) is 0.650. The average Bonchev–Trinajstić information content (AvgIpc) is 2.52. The van der Waals surface area contributed by atoms with Crippen LogP contribution in [-0.2, 0) is 0 Å². The van der Waals surface area contributed by atoms with Gasteiger partial charge in [-0.15, -0.1) is 0 Å². The number of allylic oxidation sites excluding steroid dienone is 2. The number of aliphatic hydroxyl groups excluding tert-OH is 1. The van der Waals surface area contributed by atoms with Gasteiger partial charge < -0.3 is 5.11 Å². The van der Waals surface area contributed by atoms with Crippen molar-refractivity contribution in [1.29, 1.82) is 0 Å². The molecule has 1 heteroatoms. The smallest absolute Gasteiger partial charge is 0.0459 e. The fraction of sp³-hybridized carbons (Fsp3) is 0.895. The molecule has 0 saturated heterocycles. The SMILES string of the molecule is CC/C=C/[C@H]1CC[C@H](CC[C@H]2CC[C@H](CO)CC2)CC1. The van der Waals surface area contributed by atoms with Gasteiger partial charge in [-0.2, -0.15) is 0 Å². The normalized spacial score (nSPS) is 35.5. The molecule has 0 heterocycles. The summed E-state index contributed by atoms with van der Waals surface area (Å²) in [5.41, 5.74) is 0. The van der Waals surface area contributed by atoms with Crippen molar-refractivity contribution < 1.29 is 5.11 Å². The van der Waals surface area contributed by atoms with Gasteiger partial charge in [0.1, 0.15) is 0 Å². The van der Waals surface area contributed by atoms with E-state index in [4.69, 9.17) is 0 Å². The molecule has 0 unspecified atom stereocenters. The van der Waals surface area contributed by atoms with Crippen LogP contribution in [0.25, 0.3) is 0 Å². The van der Waals surface area contributed by atoms with Crippen LogP contribution in [0, 0.1) is 23.7 Å². The minimum atomic E-state index is 0.419. The Bertz CT molecular complexity index is 267. The Morgan fingerprint density at radius 3 is 1.80 bits per heavy atom. The van der Waals surface area contributed by atoms with E-state index in [0.717, 1.165) is 17.8 Å². The molecule has 0 aromatic rings. The minimum Gasteiger partial charge on any atom is -0.396 e. The van der Waals surface area contributed by atoms with Crippen molar-refractivity contribution in [2.24, 2.45) is 23.7 Å². The Balaban J connectivity index is 1.58. The molecule has 1 N–H and O–H groups in total. The molecule has 2 aliphatic rings. The fourth-order valence-electron chi connectivity index (χ4n) is 4.17. The summed E-state index contributed by atoms with van der Waals surface area (Å²) in [5, 5.41) is 9.19. The standard InChI is InChI=1S/C19H34O/c1-2-3-4-16-5-7-17(8-6-16)9-10-18-11-13-19(15-20)14-12-18/h3-4,16-20H,2,5-15H2,1H3/b4-3+/t16-,17-,18-,19-. The molecule has 20 heavy (non-hydrogen) atoms. The number of hydrogen-bond donors (Lipinski definition) is 1.